The highest BCUT2D eigenvalue weighted by atomic mass is 32.1. The number of urea groups is 1. The number of carbonyl (C=O) groups excluding carboxylic acids is 2. The fraction of sp³-hybridized carbons (Fsp3) is 0.143. The van der Waals surface area contributed by atoms with Gasteiger partial charge in [0.2, 0.25) is 0 Å². The predicted molar refractivity (Wildman–Crippen MR) is 110 cm³/mol. The maximum atomic E-state index is 12.9. The zero-order valence-corrected chi connectivity index (χ0v) is 15.5. The maximum absolute atomic E-state index is 12.9. The molecule has 5 nitrogen and oxygen atoms in total. The van der Waals surface area contributed by atoms with Gasteiger partial charge in [-0.2, -0.15) is 0 Å². The minimum absolute atomic E-state index is 0.0169. The first kappa shape index (κ1) is 17.3. The van der Waals surface area contributed by atoms with E-state index >= 15 is 0 Å². The van der Waals surface area contributed by atoms with Crippen molar-refractivity contribution >= 4 is 39.7 Å². The lowest BCUT2D eigenvalue weighted by Crippen LogP contribution is -2.35. The van der Waals surface area contributed by atoms with Crippen LogP contribution in [0.25, 0.3) is 0 Å². The number of carbonyl (C=O) groups is 2. The Balaban J connectivity index is 1.56. The summed E-state index contributed by atoms with van der Waals surface area (Å²) in [6, 6.07) is 18.5. The highest BCUT2D eigenvalue weighted by Gasteiger charge is 2.24. The summed E-state index contributed by atoms with van der Waals surface area (Å²) in [4.78, 5) is 26.9. The number of anilines is 3. The lowest BCUT2D eigenvalue weighted by Gasteiger charge is -2.30. The van der Waals surface area contributed by atoms with Crippen molar-refractivity contribution in [3.63, 3.8) is 0 Å². The van der Waals surface area contributed by atoms with Crippen LogP contribution in [0.4, 0.5) is 21.2 Å². The fourth-order valence-electron chi connectivity index (χ4n) is 3.22. The molecule has 3 aromatic rings. The molecule has 0 unspecified atom stereocenters. The molecule has 1 aliphatic heterocycles. The van der Waals surface area contributed by atoms with E-state index in [9.17, 15) is 9.59 Å². The van der Waals surface area contributed by atoms with Crippen LogP contribution in [-0.2, 0) is 6.42 Å². The standard InChI is InChI=1S/C21H19N3O2S/c25-20(16-6-2-1-3-7-16)24-12-4-8-15-10-11-17(14-18(15)24)22-21(26)23-19-9-5-13-27-19/h1-3,5-7,9-11,13-14H,4,8,12H2,(H2,22,23,26). The monoisotopic (exact) mass is 377 g/mol. The number of hydrogen-bond acceptors (Lipinski definition) is 3. The number of hydrogen-bond donors (Lipinski definition) is 2. The second-order valence-corrected chi connectivity index (χ2v) is 7.27. The summed E-state index contributed by atoms with van der Waals surface area (Å²) in [7, 11) is 0. The number of benzene rings is 2. The molecule has 0 saturated heterocycles. The molecule has 2 heterocycles. The number of aryl methyl sites for hydroxylation is 1. The largest absolute Gasteiger partial charge is 0.324 e. The summed E-state index contributed by atoms with van der Waals surface area (Å²) < 4.78 is 0. The van der Waals surface area contributed by atoms with Gasteiger partial charge in [0.15, 0.2) is 0 Å². The van der Waals surface area contributed by atoms with E-state index in [0.717, 1.165) is 29.1 Å². The Hall–Kier alpha value is -3.12. The van der Waals surface area contributed by atoms with E-state index in [2.05, 4.69) is 10.6 Å². The van der Waals surface area contributed by atoms with Crippen molar-refractivity contribution in [2.75, 3.05) is 22.1 Å². The molecule has 2 aromatic carbocycles. The van der Waals surface area contributed by atoms with E-state index in [-0.39, 0.29) is 11.9 Å². The molecule has 0 fully saturated rings. The smallest absolute Gasteiger partial charge is 0.308 e. The molecule has 4 rings (SSSR count). The molecule has 2 N–H and O–H groups in total. The van der Waals surface area contributed by atoms with Gasteiger partial charge in [-0.3, -0.25) is 10.1 Å². The maximum Gasteiger partial charge on any atom is 0.324 e. The summed E-state index contributed by atoms with van der Waals surface area (Å²) in [5, 5.41) is 8.33. The minimum Gasteiger partial charge on any atom is -0.308 e. The molecule has 0 spiro atoms. The Morgan fingerprint density at radius 1 is 0.963 bits per heavy atom. The Morgan fingerprint density at radius 2 is 1.81 bits per heavy atom. The van der Waals surface area contributed by atoms with Gasteiger partial charge in [-0.15, -0.1) is 11.3 Å². The zero-order valence-electron chi connectivity index (χ0n) is 14.6. The van der Waals surface area contributed by atoms with Crippen LogP contribution in [0.1, 0.15) is 22.3 Å². The third-order valence-corrected chi connectivity index (χ3v) is 5.27. The van der Waals surface area contributed by atoms with E-state index in [1.54, 1.807) is 4.90 Å². The van der Waals surface area contributed by atoms with Crippen LogP contribution in [0.2, 0.25) is 0 Å². The summed E-state index contributed by atoms with van der Waals surface area (Å²) in [6.45, 7) is 0.672. The number of rotatable bonds is 3. The van der Waals surface area contributed by atoms with Crippen molar-refractivity contribution in [2.45, 2.75) is 12.8 Å². The van der Waals surface area contributed by atoms with E-state index in [1.807, 2.05) is 66.0 Å². The van der Waals surface area contributed by atoms with Crippen LogP contribution in [-0.4, -0.2) is 18.5 Å². The topological polar surface area (TPSA) is 61.4 Å². The normalized spacial score (nSPS) is 13.0. The summed E-state index contributed by atoms with van der Waals surface area (Å²) in [5.74, 6) is -0.0169. The minimum atomic E-state index is -0.297. The molecule has 1 aliphatic rings. The molecular weight excluding hydrogens is 358 g/mol. The van der Waals surface area contributed by atoms with Crippen molar-refractivity contribution in [3.05, 3.63) is 77.2 Å². The van der Waals surface area contributed by atoms with Gasteiger partial charge in [0.1, 0.15) is 0 Å². The molecule has 136 valence electrons. The first-order valence-electron chi connectivity index (χ1n) is 8.82. The van der Waals surface area contributed by atoms with Gasteiger partial charge in [0.05, 0.1) is 5.00 Å². The van der Waals surface area contributed by atoms with Gasteiger partial charge in [-0.25, -0.2) is 4.79 Å². The molecule has 0 bridgehead atoms. The Morgan fingerprint density at radius 3 is 2.59 bits per heavy atom. The van der Waals surface area contributed by atoms with Crippen molar-refractivity contribution < 1.29 is 9.59 Å². The average Bonchev–Trinajstić information content (AvgIpc) is 3.20. The third kappa shape index (κ3) is 3.85. The molecule has 0 radical (unpaired) electrons. The van der Waals surface area contributed by atoms with E-state index < -0.39 is 0 Å². The lowest BCUT2D eigenvalue weighted by molar-refractivity contribution is 0.0985. The van der Waals surface area contributed by atoms with Crippen molar-refractivity contribution in [2.24, 2.45) is 0 Å². The molecule has 3 amide bonds. The molecular formula is C21H19N3O2S. The number of nitrogens with one attached hydrogen (secondary N) is 2. The average molecular weight is 377 g/mol. The summed E-state index contributed by atoms with van der Waals surface area (Å²) >= 11 is 1.46. The summed E-state index contributed by atoms with van der Waals surface area (Å²) in [6.07, 6.45) is 1.85. The van der Waals surface area contributed by atoms with Gasteiger partial charge in [-0.1, -0.05) is 24.3 Å². The summed E-state index contributed by atoms with van der Waals surface area (Å²) in [5.41, 5.74) is 3.31. The highest BCUT2D eigenvalue weighted by molar-refractivity contribution is 7.14. The van der Waals surface area contributed by atoms with Crippen LogP contribution < -0.4 is 15.5 Å². The molecule has 6 heteroatoms. The Bertz CT molecular complexity index is 955. The van der Waals surface area contributed by atoms with E-state index in [1.165, 1.54) is 11.3 Å². The Kier molecular flexibility index (Phi) is 4.89. The SMILES string of the molecule is O=C(Nc1ccc2c(c1)N(C(=O)c1ccccc1)CCC2)Nc1cccs1. The van der Waals surface area contributed by atoms with Gasteiger partial charge in [0, 0.05) is 23.5 Å². The van der Waals surface area contributed by atoms with Crippen molar-refractivity contribution in [1.82, 2.24) is 0 Å². The first-order chi connectivity index (χ1) is 13.2. The fourth-order valence-corrected chi connectivity index (χ4v) is 3.84. The second-order valence-electron chi connectivity index (χ2n) is 6.33. The highest BCUT2D eigenvalue weighted by Crippen LogP contribution is 2.31. The van der Waals surface area contributed by atoms with Crippen molar-refractivity contribution in [3.8, 4) is 0 Å². The molecule has 0 aliphatic carbocycles. The van der Waals surface area contributed by atoms with Gasteiger partial charge >= 0.3 is 6.03 Å². The lowest BCUT2D eigenvalue weighted by atomic mass is 10.00. The molecule has 0 saturated carbocycles. The number of nitrogens with zero attached hydrogens (tertiary/aromatic N) is 1. The van der Waals surface area contributed by atoms with E-state index in [4.69, 9.17) is 0 Å². The number of amides is 3. The van der Waals surface area contributed by atoms with Crippen LogP contribution in [0.5, 0.6) is 0 Å². The van der Waals surface area contributed by atoms with Gasteiger partial charge in [0.25, 0.3) is 5.91 Å². The van der Waals surface area contributed by atoms with Crippen LogP contribution in [0.15, 0.2) is 66.0 Å². The van der Waals surface area contributed by atoms with E-state index in [0.29, 0.717) is 17.8 Å². The van der Waals surface area contributed by atoms with Crippen molar-refractivity contribution in [1.29, 1.82) is 0 Å². The van der Waals surface area contributed by atoms with Crippen LogP contribution in [0, 0.1) is 0 Å². The van der Waals surface area contributed by atoms with Crippen LogP contribution >= 0.6 is 11.3 Å². The molecule has 27 heavy (non-hydrogen) atoms. The zero-order chi connectivity index (χ0) is 18.6. The first-order valence-corrected chi connectivity index (χ1v) is 9.70. The molecule has 0 atom stereocenters. The third-order valence-electron chi connectivity index (χ3n) is 4.49. The van der Waals surface area contributed by atoms with Crippen LogP contribution in [0.3, 0.4) is 0 Å². The van der Waals surface area contributed by atoms with Gasteiger partial charge in [-0.05, 0) is 60.2 Å². The predicted octanol–water partition coefficient (Wildman–Crippen LogP) is 4.99. The quantitative estimate of drug-likeness (QED) is 0.676. The number of thiophene rings is 1. The molecule has 1 aromatic heterocycles. The Labute approximate surface area is 161 Å². The second kappa shape index (κ2) is 7.63. The van der Waals surface area contributed by atoms with Gasteiger partial charge < -0.3 is 10.2 Å². The number of fused-ring (bicyclic) bond motifs is 1.